The van der Waals surface area contributed by atoms with E-state index in [0.717, 1.165) is 22.4 Å². The number of halogens is 1. The number of esters is 1. The highest BCUT2D eigenvalue weighted by Gasteiger charge is 2.11. The third-order valence-electron chi connectivity index (χ3n) is 2.88. The summed E-state index contributed by atoms with van der Waals surface area (Å²) in [5, 5.41) is 3.30. The molecule has 1 heterocycles. The van der Waals surface area contributed by atoms with E-state index in [-0.39, 0.29) is 5.97 Å². The molecular weight excluding hydrogens is 352 g/mol. The highest BCUT2D eigenvalue weighted by Crippen LogP contribution is 2.23. The molecular formula is C15H17BrN2O2S. The number of anilines is 2. The summed E-state index contributed by atoms with van der Waals surface area (Å²) in [6.07, 6.45) is 0.926. The lowest BCUT2D eigenvalue weighted by molar-refractivity contribution is 0.0527. The maximum atomic E-state index is 11.8. The molecule has 0 atom stereocenters. The van der Waals surface area contributed by atoms with Gasteiger partial charge in [-0.25, -0.2) is 4.79 Å². The molecule has 0 bridgehead atoms. The number of thiophene rings is 1. The molecule has 4 nitrogen and oxygen atoms in total. The summed E-state index contributed by atoms with van der Waals surface area (Å²) in [5.74, 6) is -0.388. The van der Waals surface area contributed by atoms with Gasteiger partial charge in [-0.1, -0.05) is 0 Å². The fraction of sp³-hybridized carbons (Fsp3) is 0.267. The van der Waals surface area contributed by atoms with Crippen molar-refractivity contribution in [1.29, 1.82) is 0 Å². The Morgan fingerprint density at radius 1 is 1.38 bits per heavy atom. The Balaban J connectivity index is 1.97. The first-order valence-corrected chi connectivity index (χ1v) is 8.26. The fourth-order valence-electron chi connectivity index (χ4n) is 1.87. The number of hydrogen-bond donors (Lipinski definition) is 2. The van der Waals surface area contributed by atoms with Gasteiger partial charge in [0.15, 0.2) is 0 Å². The van der Waals surface area contributed by atoms with Gasteiger partial charge >= 0.3 is 5.97 Å². The molecule has 0 amide bonds. The van der Waals surface area contributed by atoms with Crippen LogP contribution >= 0.6 is 27.3 Å². The standard InChI is InChI=1S/C15H17BrN2O2S/c1-2-20-15(19)12-9-10(3-5-13(12)17)18-8-7-11-4-6-14(16)21-11/h3-6,9,18H,2,7-8,17H2,1H3. The third-order valence-corrected chi connectivity index (χ3v) is 4.56. The molecule has 0 aliphatic rings. The second-order valence-corrected chi connectivity index (χ2v) is 6.95. The van der Waals surface area contributed by atoms with Crippen molar-refractivity contribution in [1.82, 2.24) is 0 Å². The van der Waals surface area contributed by atoms with Gasteiger partial charge in [-0.3, -0.25) is 0 Å². The second-order valence-electron chi connectivity index (χ2n) is 4.41. The number of hydrogen-bond acceptors (Lipinski definition) is 5. The normalized spacial score (nSPS) is 10.4. The van der Waals surface area contributed by atoms with Gasteiger partial charge in [0.05, 0.1) is 16.0 Å². The molecule has 0 unspecified atom stereocenters. The Morgan fingerprint density at radius 3 is 2.86 bits per heavy atom. The summed E-state index contributed by atoms with van der Waals surface area (Å²) < 4.78 is 6.12. The SMILES string of the molecule is CCOC(=O)c1cc(NCCc2ccc(Br)s2)ccc1N. The van der Waals surface area contributed by atoms with Gasteiger partial charge in [-0.15, -0.1) is 11.3 Å². The quantitative estimate of drug-likeness (QED) is 0.598. The number of carbonyl (C=O) groups excluding carboxylic acids is 1. The largest absolute Gasteiger partial charge is 0.462 e. The van der Waals surface area contributed by atoms with Crippen LogP contribution in [-0.4, -0.2) is 19.1 Å². The first-order chi connectivity index (χ1) is 10.1. The molecule has 0 saturated heterocycles. The smallest absolute Gasteiger partial charge is 0.340 e. The van der Waals surface area contributed by atoms with Gasteiger partial charge in [0.2, 0.25) is 0 Å². The van der Waals surface area contributed by atoms with Crippen LogP contribution in [0.4, 0.5) is 11.4 Å². The van der Waals surface area contributed by atoms with E-state index in [0.29, 0.717) is 17.9 Å². The molecule has 6 heteroatoms. The topological polar surface area (TPSA) is 64.3 Å². The number of nitrogens with two attached hydrogens (primary N) is 1. The molecule has 3 N–H and O–H groups in total. The minimum absolute atomic E-state index is 0.336. The van der Waals surface area contributed by atoms with E-state index in [4.69, 9.17) is 10.5 Å². The maximum Gasteiger partial charge on any atom is 0.340 e. The van der Waals surface area contributed by atoms with Gasteiger partial charge in [0.25, 0.3) is 0 Å². The van der Waals surface area contributed by atoms with E-state index in [1.807, 2.05) is 12.1 Å². The average Bonchev–Trinajstić information content (AvgIpc) is 2.86. The highest BCUT2D eigenvalue weighted by molar-refractivity contribution is 9.11. The monoisotopic (exact) mass is 368 g/mol. The van der Waals surface area contributed by atoms with E-state index < -0.39 is 0 Å². The van der Waals surface area contributed by atoms with E-state index in [1.54, 1.807) is 30.4 Å². The van der Waals surface area contributed by atoms with E-state index in [1.165, 1.54) is 4.88 Å². The molecule has 0 aliphatic carbocycles. The van der Waals surface area contributed by atoms with Crippen molar-refractivity contribution in [2.75, 3.05) is 24.2 Å². The van der Waals surface area contributed by atoms with Crippen molar-refractivity contribution in [3.8, 4) is 0 Å². The molecule has 2 rings (SSSR count). The Kier molecular flexibility index (Phi) is 5.64. The zero-order valence-electron chi connectivity index (χ0n) is 11.7. The summed E-state index contributed by atoms with van der Waals surface area (Å²) in [4.78, 5) is 13.1. The minimum Gasteiger partial charge on any atom is -0.462 e. The van der Waals surface area contributed by atoms with Crippen molar-refractivity contribution in [3.63, 3.8) is 0 Å². The summed E-state index contributed by atoms with van der Waals surface area (Å²) in [7, 11) is 0. The highest BCUT2D eigenvalue weighted by atomic mass is 79.9. The van der Waals surface area contributed by atoms with Crippen molar-refractivity contribution >= 4 is 44.6 Å². The van der Waals surface area contributed by atoms with Gasteiger partial charge in [-0.05, 0) is 59.6 Å². The van der Waals surface area contributed by atoms with Crippen molar-refractivity contribution in [2.24, 2.45) is 0 Å². The Bertz CT molecular complexity index is 628. The first-order valence-electron chi connectivity index (χ1n) is 6.65. The fourth-order valence-corrected chi connectivity index (χ4v) is 3.35. The third kappa shape index (κ3) is 4.47. The number of ether oxygens (including phenoxy) is 1. The van der Waals surface area contributed by atoms with Crippen LogP contribution in [0, 0.1) is 0 Å². The Hall–Kier alpha value is -1.53. The van der Waals surface area contributed by atoms with Gasteiger partial charge in [0.1, 0.15) is 0 Å². The lowest BCUT2D eigenvalue weighted by atomic mass is 10.1. The van der Waals surface area contributed by atoms with Gasteiger partial charge < -0.3 is 15.8 Å². The average molecular weight is 369 g/mol. The summed E-state index contributed by atoms with van der Waals surface area (Å²) in [6.45, 7) is 2.90. The predicted octanol–water partition coefficient (Wildman–Crippen LogP) is 3.92. The minimum atomic E-state index is -0.388. The molecule has 0 spiro atoms. The van der Waals surface area contributed by atoms with E-state index >= 15 is 0 Å². The van der Waals surface area contributed by atoms with Crippen LogP contribution in [0.25, 0.3) is 0 Å². The lowest BCUT2D eigenvalue weighted by Gasteiger charge is -2.10. The summed E-state index contributed by atoms with van der Waals surface area (Å²) in [6, 6.07) is 9.46. The molecule has 0 radical (unpaired) electrons. The molecule has 2 aromatic rings. The second kappa shape index (κ2) is 7.47. The molecule has 0 saturated carbocycles. The molecule has 0 aliphatic heterocycles. The molecule has 1 aromatic carbocycles. The molecule has 21 heavy (non-hydrogen) atoms. The number of nitrogens with one attached hydrogen (secondary N) is 1. The molecule has 0 fully saturated rings. The summed E-state index contributed by atoms with van der Waals surface area (Å²) in [5.41, 5.74) is 7.51. The van der Waals surface area contributed by atoms with Gasteiger partial charge in [-0.2, -0.15) is 0 Å². The first kappa shape index (κ1) is 15.9. The lowest BCUT2D eigenvalue weighted by Crippen LogP contribution is -2.10. The Morgan fingerprint density at radius 2 is 2.19 bits per heavy atom. The van der Waals surface area contributed by atoms with Crippen LogP contribution in [0.3, 0.4) is 0 Å². The Labute approximate surface area is 136 Å². The van der Waals surface area contributed by atoms with Crippen molar-refractivity contribution in [2.45, 2.75) is 13.3 Å². The number of nitrogen functional groups attached to an aromatic ring is 1. The van der Waals surface area contributed by atoms with Crippen molar-refractivity contribution < 1.29 is 9.53 Å². The van der Waals surface area contributed by atoms with Crippen LogP contribution in [0.15, 0.2) is 34.1 Å². The van der Waals surface area contributed by atoms with Gasteiger partial charge in [0, 0.05) is 22.8 Å². The van der Waals surface area contributed by atoms with Crippen LogP contribution in [0.2, 0.25) is 0 Å². The molecule has 1 aromatic heterocycles. The van der Waals surface area contributed by atoms with Crippen LogP contribution in [0.1, 0.15) is 22.2 Å². The van der Waals surface area contributed by atoms with Crippen LogP contribution in [-0.2, 0) is 11.2 Å². The zero-order valence-corrected chi connectivity index (χ0v) is 14.1. The van der Waals surface area contributed by atoms with E-state index in [9.17, 15) is 4.79 Å². The van der Waals surface area contributed by atoms with Crippen molar-refractivity contribution in [3.05, 3.63) is 44.6 Å². The van der Waals surface area contributed by atoms with Crippen LogP contribution in [0.5, 0.6) is 0 Å². The number of rotatable bonds is 6. The van der Waals surface area contributed by atoms with E-state index in [2.05, 4.69) is 27.3 Å². The zero-order chi connectivity index (χ0) is 15.2. The summed E-state index contributed by atoms with van der Waals surface area (Å²) >= 11 is 5.17. The number of benzene rings is 1. The predicted molar refractivity (Wildman–Crippen MR) is 91.0 cm³/mol. The number of carbonyl (C=O) groups is 1. The molecule has 112 valence electrons. The van der Waals surface area contributed by atoms with Crippen LogP contribution < -0.4 is 11.1 Å². The maximum absolute atomic E-state index is 11.8.